The molecule has 1 atom stereocenters. The summed E-state index contributed by atoms with van der Waals surface area (Å²) in [6.45, 7) is 4.33. The molecule has 0 spiro atoms. The quantitative estimate of drug-likeness (QED) is 0.501. The topological polar surface area (TPSA) is 81.6 Å². The van der Waals surface area contributed by atoms with Gasteiger partial charge < -0.3 is 15.4 Å². The van der Waals surface area contributed by atoms with Crippen molar-refractivity contribution in [2.45, 2.75) is 25.9 Å². The number of nitrogens with two attached hydrogens (primary N) is 1. The summed E-state index contributed by atoms with van der Waals surface area (Å²) in [4.78, 5) is 12.5. The molecule has 0 saturated carbocycles. The van der Waals surface area contributed by atoms with Crippen LogP contribution in [0.3, 0.4) is 0 Å². The van der Waals surface area contributed by atoms with Gasteiger partial charge in [0.25, 0.3) is 5.69 Å². The molecule has 1 heterocycles. The van der Waals surface area contributed by atoms with Gasteiger partial charge in [-0.05, 0) is 25.8 Å². The van der Waals surface area contributed by atoms with Gasteiger partial charge in [0.2, 0.25) is 0 Å². The molecule has 0 radical (unpaired) electrons. The Morgan fingerprint density at radius 1 is 1.53 bits per heavy atom. The van der Waals surface area contributed by atoms with E-state index >= 15 is 0 Å². The first-order chi connectivity index (χ1) is 9.10. The van der Waals surface area contributed by atoms with Crippen molar-refractivity contribution < 1.29 is 9.66 Å². The third-order valence-electron chi connectivity index (χ3n) is 3.33. The Morgan fingerprint density at radius 3 is 2.89 bits per heavy atom. The molecule has 104 valence electrons. The lowest BCUT2D eigenvalue weighted by atomic mass is 10.2. The molecular formula is C13H19N3O3. The molecular weight excluding hydrogens is 246 g/mol. The van der Waals surface area contributed by atoms with E-state index in [0.717, 1.165) is 38.2 Å². The van der Waals surface area contributed by atoms with Crippen molar-refractivity contribution in [3.8, 4) is 0 Å². The lowest BCUT2D eigenvalue weighted by Crippen LogP contribution is -2.32. The second-order valence-corrected chi connectivity index (χ2v) is 4.71. The van der Waals surface area contributed by atoms with E-state index in [9.17, 15) is 10.1 Å². The number of rotatable bonds is 5. The highest BCUT2D eigenvalue weighted by molar-refractivity contribution is 5.62. The molecule has 6 heteroatoms. The maximum Gasteiger partial charge on any atom is 0.273 e. The average molecular weight is 265 g/mol. The summed E-state index contributed by atoms with van der Waals surface area (Å²) in [6, 6.07) is 4.71. The number of non-ortho nitro benzene ring substituents is 1. The first-order valence-electron chi connectivity index (χ1n) is 6.51. The van der Waals surface area contributed by atoms with Gasteiger partial charge in [-0.15, -0.1) is 0 Å². The van der Waals surface area contributed by atoms with Crippen LogP contribution in [0.4, 0.5) is 17.1 Å². The number of nitrogens with zero attached hydrogens (tertiary/aromatic N) is 2. The highest BCUT2D eigenvalue weighted by atomic mass is 16.6. The van der Waals surface area contributed by atoms with Crippen LogP contribution in [-0.4, -0.2) is 30.7 Å². The minimum atomic E-state index is -0.417. The van der Waals surface area contributed by atoms with Crippen LogP contribution in [0.5, 0.6) is 0 Å². The molecule has 1 unspecified atom stereocenters. The van der Waals surface area contributed by atoms with E-state index in [0.29, 0.717) is 5.69 Å². The van der Waals surface area contributed by atoms with E-state index in [2.05, 4.69) is 4.90 Å². The fraction of sp³-hybridized carbons (Fsp3) is 0.538. The van der Waals surface area contributed by atoms with E-state index in [1.54, 1.807) is 12.1 Å². The summed E-state index contributed by atoms with van der Waals surface area (Å²) in [5, 5.41) is 10.9. The summed E-state index contributed by atoms with van der Waals surface area (Å²) in [5.41, 5.74) is 6.96. The number of nitro benzene ring substituents is 1. The van der Waals surface area contributed by atoms with Crippen LogP contribution in [0.2, 0.25) is 0 Å². The zero-order valence-electron chi connectivity index (χ0n) is 11.0. The van der Waals surface area contributed by atoms with Crippen molar-refractivity contribution in [2.75, 3.05) is 30.3 Å². The minimum absolute atomic E-state index is 0.0285. The molecule has 19 heavy (non-hydrogen) atoms. The van der Waals surface area contributed by atoms with Crippen LogP contribution in [0, 0.1) is 10.1 Å². The van der Waals surface area contributed by atoms with Gasteiger partial charge in [0, 0.05) is 43.2 Å². The van der Waals surface area contributed by atoms with E-state index in [-0.39, 0.29) is 11.8 Å². The van der Waals surface area contributed by atoms with Crippen molar-refractivity contribution in [2.24, 2.45) is 0 Å². The molecule has 0 amide bonds. The van der Waals surface area contributed by atoms with Gasteiger partial charge in [-0.25, -0.2) is 0 Å². The van der Waals surface area contributed by atoms with Crippen LogP contribution in [0.25, 0.3) is 0 Å². The summed E-state index contributed by atoms with van der Waals surface area (Å²) >= 11 is 0. The van der Waals surface area contributed by atoms with Crippen molar-refractivity contribution in [3.05, 3.63) is 28.3 Å². The lowest BCUT2D eigenvalue weighted by molar-refractivity contribution is -0.384. The molecule has 1 aromatic carbocycles. The van der Waals surface area contributed by atoms with Crippen molar-refractivity contribution in [3.63, 3.8) is 0 Å². The van der Waals surface area contributed by atoms with E-state index in [4.69, 9.17) is 10.5 Å². The zero-order valence-corrected chi connectivity index (χ0v) is 11.0. The molecule has 6 nitrogen and oxygen atoms in total. The Hall–Kier alpha value is -1.82. The molecule has 1 saturated heterocycles. The lowest BCUT2D eigenvalue weighted by Gasteiger charge is -2.26. The zero-order chi connectivity index (χ0) is 13.8. The molecule has 2 N–H and O–H groups in total. The highest BCUT2D eigenvalue weighted by Gasteiger charge is 2.20. The Morgan fingerprint density at radius 2 is 2.32 bits per heavy atom. The molecule has 1 aliphatic heterocycles. The number of ether oxygens (including phenoxy) is 1. The van der Waals surface area contributed by atoms with Crippen molar-refractivity contribution >= 4 is 17.1 Å². The fourth-order valence-corrected chi connectivity index (χ4v) is 2.36. The first kappa shape index (κ1) is 13.6. The van der Waals surface area contributed by atoms with Gasteiger partial charge in [-0.1, -0.05) is 0 Å². The van der Waals surface area contributed by atoms with Gasteiger partial charge in [-0.2, -0.15) is 0 Å². The third-order valence-corrected chi connectivity index (χ3v) is 3.33. The van der Waals surface area contributed by atoms with Crippen LogP contribution in [0.1, 0.15) is 19.8 Å². The van der Waals surface area contributed by atoms with Gasteiger partial charge in [0.05, 0.1) is 11.0 Å². The largest absolute Gasteiger partial charge is 0.398 e. The van der Waals surface area contributed by atoms with E-state index in [1.807, 2.05) is 6.92 Å². The Balaban J connectivity index is 2.19. The molecule has 1 aliphatic rings. The standard InChI is InChI=1S/C13H19N3O3/c1-2-15(9-13-4-3-5-19-13)11-6-10(14)7-12(8-11)16(17)18/h6-8,13H,2-5,9,14H2,1H3. The SMILES string of the molecule is CCN(CC1CCCO1)c1cc(N)cc([N+](=O)[O-])c1. The van der Waals surface area contributed by atoms with E-state index < -0.39 is 4.92 Å². The number of anilines is 2. The summed E-state index contributed by atoms with van der Waals surface area (Å²) < 4.78 is 5.61. The predicted molar refractivity (Wildman–Crippen MR) is 74.4 cm³/mol. The third kappa shape index (κ3) is 3.35. The number of likely N-dealkylation sites (N-methyl/N-ethyl adjacent to an activating group) is 1. The highest BCUT2D eigenvalue weighted by Crippen LogP contribution is 2.26. The average Bonchev–Trinajstić information content (AvgIpc) is 2.88. The number of nitrogen functional groups attached to an aromatic ring is 1. The Labute approximate surface area is 112 Å². The second-order valence-electron chi connectivity index (χ2n) is 4.71. The van der Waals surface area contributed by atoms with Gasteiger partial charge in [-0.3, -0.25) is 10.1 Å². The van der Waals surface area contributed by atoms with Gasteiger partial charge >= 0.3 is 0 Å². The molecule has 2 rings (SSSR count). The molecule has 1 aromatic rings. The monoisotopic (exact) mass is 265 g/mol. The smallest absolute Gasteiger partial charge is 0.273 e. The van der Waals surface area contributed by atoms with Crippen LogP contribution >= 0.6 is 0 Å². The van der Waals surface area contributed by atoms with Crippen LogP contribution < -0.4 is 10.6 Å². The summed E-state index contributed by atoms with van der Waals surface area (Å²) in [6.07, 6.45) is 2.33. The summed E-state index contributed by atoms with van der Waals surface area (Å²) in [7, 11) is 0. The molecule has 0 aromatic heterocycles. The number of hydrogen-bond donors (Lipinski definition) is 1. The van der Waals surface area contributed by atoms with Crippen molar-refractivity contribution in [1.29, 1.82) is 0 Å². The van der Waals surface area contributed by atoms with Gasteiger partial charge in [0.15, 0.2) is 0 Å². The maximum atomic E-state index is 10.9. The van der Waals surface area contributed by atoms with Crippen LogP contribution in [0.15, 0.2) is 18.2 Å². The Bertz CT molecular complexity index is 458. The minimum Gasteiger partial charge on any atom is -0.398 e. The molecule has 0 bridgehead atoms. The predicted octanol–water partition coefficient (Wildman–Crippen LogP) is 2.18. The second kappa shape index (κ2) is 5.88. The van der Waals surface area contributed by atoms with Crippen LogP contribution in [-0.2, 0) is 4.74 Å². The van der Waals surface area contributed by atoms with Gasteiger partial charge in [0.1, 0.15) is 0 Å². The number of hydrogen-bond acceptors (Lipinski definition) is 5. The number of nitro groups is 1. The summed E-state index contributed by atoms with van der Waals surface area (Å²) in [5.74, 6) is 0. The Kier molecular flexibility index (Phi) is 4.21. The first-order valence-corrected chi connectivity index (χ1v) is 6.51. The normalized spacial score (nSPS) is 18.5. The molecule has 0 aliphatic carbocycles. The van der Waals surface area contributed by atoms with Crippen molar-refractivity contribution in [1.82, 2.24) is 0 Å². The maximum absolute atomic E-state index is 10.9. The van der Waals surface area contributed by atoms with E-state index in [1.165, 1.54) is 6.07 Å². The fourth-order valence-electron chi connectivity index (χ4n) is 2.36. The number of benzene rings is 1. The molecule has 1 fully saturated rings.